The van der Waals surface area contributed by atoms with Gasteiger partial charge in [0, 0.05) is 30.4 Å². The van der Waals surface area contributed by atoms with E-state index in [1.54, 1.807) is 11.6 Å². The van der Waals surface area contributed by atoms with Crippen molar-refractivity contribution in [3.05, 3.63) is 57.5 Å². The maximum atomic E-state index is 11.9. The lowest BCUT2D eigenvalue weighted by Gasteiger charge is -2.12. The molecular formula is C16H20N2O. The molecule has 0 bridgehead atoms. The molecule has 0 unspecified atom stereocenters. The fraction of sp³-hybridized carbons (Fsp3) is 0.312. The summed E-state index contributed by atoms with van der Waals surface area (Å²) >= 11 is 0. The Hall–Kier alpha value is -1.87. The molecule has 3 nitrogen and oxygen atoms in total. The van der Waals surface area contributed by atoms with E-state index in [1.165, 1.54) is 0 Å². The van der Waals surface area contributed by atoms with Crippen molar-refractivity contribution >= 4 is 0 Å². The van der Waals surface area contributed by atoms with Crippen LogP contribution < -0.4 is 11.3 Å². The molecule has 1 aromatic carbocycles. The molecule has 0 fully saturated rings. The van der Waals surface area contributed by atoms with Gasteiger partial charge >= 0.3 is 0 Å². The van der Waals surface area contributed by atoms with Gasteiger partial charge in [0.1, 0.15) is 0 Å². The van der Waals surface area contributed by atoms with Gasteiger partial charge in [-0.05, 0) is 37.5 Å². The highest BCUT2D eigenvalue weighted by Crippen LogP contribution is 2.25. The van der Waals surface area contributed by atoms with Crippen LogP contribution >= 0.6 is 0 Å². The quantitative estimate of drug-likeness (QED) is 0.898. The molecule has 1 heterocycles. The van der Waals surface area contributed by atoms with E-state index in [1.807, 2.05) is 39.1 Å². The molecule has 0 aliphatic rings. The molecule has 19 heavy (non-hydrogen) atoms. The van der Waals surface area contributed by atoms with E-state index in [-0.39, 0.29) is 11.6 Å². The van der Waals surface area contributed by atoms with Crippen molar-refractivity contribution in [3.63, 3.8) is 0 Å². The lowest BCUT2D eigenvalue weighted by atomic mass is 9.97. The SMILES string of the molecule is Cc1c(-c2ccc([C@H](C)N)cc2)cn(C)c(=O)c1C. The molecule has 0 saturated carbocycles. The first kappa shape index (κ1) is 13.6. The Morgan fingerprint density at radius 2 is 1.68 bits per heavy atom. The highest BCUT2D eigenvalue weighted by molar-refractivity contribution is 5.67. The molecule has 100 valence electrons. The van der Waals surface area contributed by atoms with Gasteiger partial charge in [0.25, 0.3) is 5.56 Å². The second-order valence-electron chi connectivity index (χ2n) is 5.12. The Balaban J connectivity index is 2.56. The highest BCUT2D eigenvalue weighted by atomic mass is 16.1. The number of rotatable bonds is 2. The van der Waals surface area contributed by atoms with Gasteiger partial charge < -0.3 is 10.3 Å². The van der Waals surface area contributed by atoms with E-state index < -0.39 is 0 Å². The molecule has 3 heteroatoms. The molecule has 2 rings (SSSR count). The summed E-state index contributed by atoms with van der Waals surface area (Å²) in [6.07, 6.45) is 1.89. The van der Waals surface area contributed by atoms with Crippen LogP contribution in [0.4, 0.5) is 0 Å². The van der Waals surface area contributed by atoms with Gasteiger partial charge in [0.15, 0.2) is 0 Å². The Bertz CT molecular complexity index is 652. The first-order valence-corrected chi connectivity index (χ1v) is 6.44. The smallest absolute Gasteiger partial charge is 0.253 e. The Labute approximate surface area is 113 Å². The van der Waals surface area contributed by atoms with Gasteiger partial charge in [-0.15, -0.1) is 0 Å². The predicted molar refractivity (Wildman–Crippen MR) is 79.2 cm³/mol. The van der Waals surface area contributed by atoms with E-state index in [0.29, 0.717) is 0 Å². The maximum absolute atomic E-state index is 11.9. The number of aryl methyl sites for hydroxylation is 1. The molecule has 1 atom stereocenters. The summed E-state index contributed by atoms with van der Waals surface area (Å²) in [7, 11) is 1.79. The number of hydrogen-bond acceptors (Lipinski definition) is 2. The third-order valence-electron chi connectivity index (χ3n) is 3.68. The van der Waals surface area contributed by atoms with E-state index in [4.69, 9.17) is 5.73 Å². The summed E-state index contributed by atoms with van der Waals surface area (Å²) < 4.78 is 1.64. The lowest BCUT2D eigenvalue weighted by Crippen LogP contribution is -2.20. The average Bonchev–Trinajstić information content (AvgIpc) is 2.40. The number of hydrogen-bond donors (Lipinski definition) is 1. The van der Waals surface area contributed by atoms with Crippen molar-refractivity contribution < 1.29 is 0 Å². The van der Waals surface area contributed by atoms with E-state index in [0.717, 1.165) is 27.8 Å². The highest BCUT2D eigenvalue weighted by Gasteiger charge is 2.09. The van der Waals surface area contributed by atoms with Gasteiger partial charge in [-0.1, -0.05) is 24.3 Å². The Morgan fingerprint density at radius 1 is 1.11 bits per heavy atom. The average molecular weight is 256 g/mol. The minimum absolute atomic E-state index is 0.0389. The van der Waals surface area contributed by atoms with Crippen molar-refractivity contribution in [2.45, 2.75) is 26.8 Å². The summed E-state index contributed by atoms with van der Waals surface area (Å²) in [5.74, 6) is 0. The normalized spacial score (nSPS) is 12.5. The molecule has 0 radical (unpaired) electrons. The topological polar surface area (TPSA) is 48.0 Å². The number of nitrogens with two attached hydrogens (primary N) is 1. The monoisotopic (exact) mass is 256 g/mol. The molecule has 1 aromatic heterocycles. The van der Waals surface area contributed by atoms with E-state index >= 15 is 0 Å². The van der Waals surface area contributed by atoms with Crippen molar-refractivity contribution in [2.75, 3.05) is 0 Å². The van der Waals surface area contributed by atoms with Crippen LogP contribution in [0.3, 0.4) is 0 Å². The standard InChI is InChI=1S/C16H20N2O/c1-10-11(2)16(19)18(4)9-15(10)14-7-5-13(6-8-14)12(3)17/h5-9,12H,17H2,1-4H3/t12-/m0/s1. The first-order chi connectivity index (χ1) is 8.91. The fourth-order valence-electron chi connectivity index (χ4n) is 2.23. The molecule has 2 aromatic rings. The first-order valence-electron chi connectivity index (χ1n) is 6.44. The fourth-order valence-corrected chi connectivity index (χ4v) is 2.23. The third-order valence-corrected chi connectivity index (χ3v) is 3.68. The van der Waals surface area contributed by atoms with Crippen molar-refractivity contribution in [1.29, 1.82) is 0 Å². The Morgan fingerprint density at radius 3 is 2.21 bits per heavy atom. The van der Waals surface area contributed by atoms with Crippen LogP contribution in [-0.4, -0.2) is 4.57 Å². The van der Waals surface area contributed by atoms with E-state index in [9.17, 15) is 4.79 Å². The lowest BCUT2D eigenvalue weighted by molar-refractivity contribution is 0.818. The van der Waals surface area contributed by atoms with Crippen LogP contribution in [0.2, 0.25) is 0 Å². The summed E-state index contributed by atoms with van der Waals surface area (Å²) in [4.78, 5) is 11.9. The molecule has 2 N–H and O–H groups in total. The summed E-state index contributed by atoms with van der Waals surface area (Å²) in [6.45, 7) is 5.83. The maximum Gasteiger partial charge on any atom is 0.253 e. The zero-order valence-corrected chi connectivity index (χ0v) is 11.9. The number of aromatic nitrogens is 1. The molecule has 0 amide bonds. The van der Waals surface area contributed by atoms with Gasteiger partial charge in [-0.2, -0.15) is 0 Å². The van der Waals surface area contributed by atoms with Gasteiger partial charge in [-0.25, -0.2) is 0 Å². The number of benzene rings is 1. The summed E-state index contributed by atoms with van der Waals surface area (Å²) in [5, 5.41) is 0. The van der Waals surface area contributed by atoms with Crippen LogP contribution in [0.25, 0.3) is 11.1 Å². The van der Waals surface area contributed by atoms with Crippen LogP contribution in [0.5, 0.6) is 0 Å². The van der Waals surface area contributed by atoms with E-state index in [2.05, 4.69) is 12.1 Å². The molecule has 0 saturated heterocycles. The minimum Gasteiger partial charge on any atom is -0.324 e. The molecule has 0 aliphatic heterocycles. The molecule has 0 spiro atoms. The third kappa shape index (κ3) is 2.47. The minimum atomic E-state index is 0.0389. The second kappa shape index (κ2) is 5.02. The van der Waals surface area contributed by atoms with Crippen LogP contribution in [0, 0.1) is 13.8 Å². The van der Waals surface area contributed by atoms with Gasteiger partial charge in [0.05, 0.1) is 0 Å². The summed E-state index contributed by atoms with van der Waals surface area (Å²) in [5.41, 5.74) is 11.1. The number of pyridine rings is 1. The molecular weight excluding hydrogens is 236 g/mol. The Kier molecular flexibility index (Phi) is 3.58. The van der Waals surface area contributed by atoms with Crippen LogP contribution in [0.1, 0.15) is 29.7 Å². The van der Waals surface area contributed by atoms with Crippen molar-refractivity contribution in [2.24, 2.45) is 12.8 Å². The predicted octanol–water partition coefficient (Wildman–Crippen LogP) is 2.69. The summed E-state index contributed by atoms with van der Waals surface area (Å²) in [6, 6.07) is 8.24. The van der Waals surface area contributed by atoms with Crippen LogP contribution in [0.15, 0.2) is 35.3 Å². The zero-order valence-electron chi connectivity index (χ0n) is 11.9. The van der Waals surface area contributed by atoms with Gasteiger partial charge in [-0.3, -0.25) is 4.79 Å². The van der Waals surface area contributed by atoms with Gasteiger partial charge in [0.2, 0.25) is 0 Å². The van der Waals surface area contributed by atoms with Crippen molar-refractivity contribution in [3.8, 4) is 11.1 Å². The number of nitrogens with zero attached hydrogens (tertiary/aromatic N) is 1. The largest absolute Gasteiger partial charge is 0.324 e. The second-order valence-corrected chi connectivity index (χ2v) is 5.12. The van der Waals surface area contributed by atoms with Crippen LogP contribution in [-0.2, 0) is 7.05 Å². The van der Waals surface area contributed by atoms with Crippen molar-refractivity contribution in [1.82, 2.24) is 4.57 Å². The zero-order chi connectivity index (χ0) is 14.2. The molecule has 0 aliphatic carbocycles.